The number of hydrogen-bond acceptors (Lipinski definition) is 2. The van der Waals surface area contributed by atoms with Gasteiger partial charge < -0.3 is 9.84 Å². The van der Waals surface area contributed by atoms with Gasteiger partial charge in [0, 0.05) is 16.1 Å². The lowest BCUT2D eigenvalue weighted by molar-refractivity contribution is 0.195. The van der Waals surface area contributed by atoms with Crippen LogP contribution < -0.4 is 4.74 Å². The van der Waals surface area contributed by atoms with Gasteiger partial charge in [-0.3, -0.25) is 0 Å². The highest BCUT2D eigenvalue weighted by atomic mass is 79.9. The summed E-state index contributed by atoms with van der Waals surface area (Å²) in [4.78, 5) is 0. The van der Waals surface area contributed by atoms with E-state index in [9.17, 15) is 9.50 Å². The summed E-state index contributed by atoms with van der Waals surface area (Å²) < 4.78 is 20.4. The topological polar surface area (TPSA) is 29.5 Å². The van der Waals surface area contributed by atoms with Gasteiger partial charge in [0.15, 0.2) is 0 Å². The van der Waals surface area contributed by atoms with E-state index in [0.717, 1.165) is 4.47 Å². The molecule has 1 N–H and O–H groups in total. The predicted octanol–water partition coefficient (Wildman–Crippen LogP) is 5.20. The molecule has 0 fully saturated rings. The fourth-order valence-corrected chi connectivity index (χ4v) is 2.28. The van der Waals surface area contributed by atoms with Crippen LogP contribution in [0.2, 0.25) is 0 Å². The van der Waals surface area contributed by atoms with Gasteiger partial charge in [0.1, 0.15) is 17.3 Å². The minimum absolute atomic E-state index is 0.361. The van der Waals surface area contributed by atoms with Crippen LogP contribution in [0.25, 0.3) is 0 Å². The van der Waals surface area contributed by atoms with E-state index < -0.39 is 6.10 Å². The average Bonchev–Trinajstić information content (AvgIpc) is 2.33. The van der Waals surface area contributed by atoms with Crippen molar-refractivity contribution in [2.45, 2.75) is 13.0 Å². The van der Waals surface area contributed by atoms with E-state index in [1.54, 1.807) is 25.1 Å². The molecule has 1 unspecified atom stereocenters. The van der Waals surface area contributed by atoms with E-state index in [1.165, 1.54) is 12.1 Å². The summed E-state index contributed by atoms with van der Waals surface area (Å²) >= 11 is 6.65. The number of ether oxygens (including phenoxy) is 1. The Morgan fingerprint density at radius 1 is 1.11 bits per heavy atom. The normalized spacial score (nSPS) is 12.3. The van der Waals surface area contributed by atoms with E-state index in [-0.39, 0.29) is 5.82 Å². The molecule has 0 saturated carbocycles. The second kappa shape index (κ2) is 6.03. The molecule has 100 valence electrons. The van der Waals surface area contributed by atoms with Crippen molar-refractivity contribution in [2.75, 3.05) is 0 Å². The summed E-state index contributed by atoms with van der Waals surface area (Å²) in [6, 6.07) is 9.52. The Morgan fingerprint density at radius 2 is 1.84 bits per heavy atom. The zero-order valence-electron chi connectivity index (χ0n) is 10.0. The molecule has 2 aromatic rings. The molecule has 2 nitrogen and oxygen atoms in total. The molecule has 0 heterocycles. The van der Waals surface area contributed by atoms with Gasteiger partial charge in [-0.2, -0.15) is 0 Å². The average molecular weight is 390 g/mol. The quantitative estimate of drug-likeness (QED) is 0.781. The molecule has 0 aliphatic rings. The van der Waals surface area contributed by atoms with Gasteiger partial charge in [-0.05, 0) is 47.1 Å². The minimum Gasteiger partial charge on any atom is -0.456 e. The molecule has 1 atom stereocenters. The molecule has 2 aromatic carbocycles. The van der Waals surface area contributed by atoms with Crippen molar-refractivity contribution in [1.29, 1.82) is 0 Å². The van der Waals surface area contributed by atoms with Crippen molar-refractivity contribution in [1.82, 2.24) is 0 Å². The molecule has 0 saturated heterocycles. The molecule has 0 aliphatic carbocycles. The van der Waals surface area contributed by atoms with Gasteiger partial charge in [-0.15, -0.1) is 0 Å². The monoisotopic (exact) mass is 388 g/mol. The molecular weight excluding hydrogens is 379 g/mol. The van der Waals surface area contributed by atoms with Crippen LogP contribution in [0.15, 0.2) is 45.3 Å². The highest BCUT2D eigenvalue weighted by Gasteiger charge is 2.12. The lowest BCUT2D eigenvalue weighted by Crippen LogP contribution is -1.97. The van der Waals surface area contributed by atoms with Gasteiger partial charge in [0.2, 0.25) is 0 Å². The number of halogens is 3. The molecule has 0 aliphatic heterocycles. The van der Waals surface area contributed by atoms with Crippen LogP contribution in [-0.4, -0.2) is 5.11 Å². The molecule has 2 rings (SSSR count). The van der Waals surface area contributed by atoms with E-state index in [2.05, 4.69) is 31.9 Å². The SMILES string of the molecule is CC(O)c1ccc(Br)cc1Oc1cc(F)ccc1Br. The Labute approximate surface area is 127 Å². The van der Waals surface area contributed by atoms with Gasteiger partial charge in [0.25, 0.3) is 0 Å². The molecule has 0 bridgehead atoms. The third-order valence-electron chi connectivity index (χ3n) is 2.54. The van der Waals surface area contributed by atoms with Gasteiger partial charge >= 0.3 is 0 Å². The molecule has 0 aromatic heterocycles. The first kappa shape index (κ1) is 14.5. The number of rotatable bonds is 3. The Kier molecular flexibility index (Phi) is 4.60. The number of hydrogen-bond donors (Lipinski definition) is 1. The zero-order valence-corrected chi connectivity index (χ0v) is 13.2. The number of benzene rings is 2. The largest absolute Gasteiger partial charge is 0.456 e. The Balaban J connectivity index is 2.42. The van der Waals surface area contributed by atoms with Crippen molar-refractivity contribution in [3.05, 3.63) is 56.7 Å². The van der Waals surface area contributed by atoms with Crippen LogP contribution in [0.3, 0.4) is 0 Å². The van der Waals surface area contributed by atoms with Crippen LogP contribution in [-0.2, 0) is 0 Å². The predicted molar refractivity (Wildman–Crippen MR) is 78.9 cm³/mol. The molecule has 0 amide bonds. The number of aliphatic hydroxyl groups is 1. The van der Waals surface area contributed by atoms with Gasteiger partial charge in [-0.25, -0.2) is 4.39 Å². The number of aliphatic hydroxyl groups excluding tert-OH is 1. The summed E-state index contributed by atoms with van der Waals surface area (Å²) in [6.45, 7) is 1.65. The molecule has 0 radical (unpaired) electrons. The van der Waals surface area contributed by atoms with Crippen molar-refractivity contribution >= 4 is 31.9 Å². The first-order valence-electron chi connectivity index (χ1n) is 5.58. The Morgan fingerprint density at radius 3 is 2.53 bits per heavy atom. The summed E-state index contributed by atoms with van der Waals surface area (Å²) in [5, 5.41) is 9.72. The fourth-order valence-electron chi connectivity index (χ4n) is 1.62. The van der Waals surface area contributed by atoms with Crippen molar-refractivity contribution in [3.63, 3.8) is 0 Å². The van der Waals surface area contributed by atoms with Crippen LogP contribution in [0.1, 0.15) is 18.6 Å². The molecule has 19 heavy (non-hydrogen) atoms. The van der Waals surface area contributed by atoms with Crippen LogP contribution in [0, 0.1) is 5.82 Å². The second-order valence-corrected chi connectivity index (χ2v) is 5.80. The van der Waals surface area contributed by atoms with Gasteiger partial charge in [-0.1, -0.05) is 22.0 Å². The summed E-state index contributed by atoms with van der Waals surface area (Å²) in [6.07, 6.45) is -0.671. The summed E-state index contributed by atoms with van der Waals surface area (Å²) in [5.41, 5.74) is 0.638. The van der Waals surface area contributed by atoms with Gasteiger partial charge in [0.05, 0.1) is 10.6 Å². The first-order chi connectivity index (χ1) is 8.97. The molecule has 5 heteroatoms. The zero-order chi connectivity index (χ0) is 14.0. The maximum absolute atomic E-state index is 13.2. The molecular formula is C14H11Br2FO2. The van der Waals surface area contributed by atoms with E-state index in [4.69, 9.17) is 4.74 Å². The maximum Gasteiger partial charge on any atom is 0.144 e. The lowest BCUT2D eigenvalue weighted by atomic mass is 10.1. The second-order valence-electron chi connectivity index (χ2n) is 4.03. The lowest BCUT2D eigenvalue weighted by Gasteiger charge is -2.14. The Bertz CT molecular complexity index is 600. The van der Waals surface area contributed by atoms with Crippen LogP contribution >= 0.6 is 31.9 Å². The minimum atomic E-state index is -0.671. The Hall–Kier alpha value is -0.910. The van der Waals surface area contributed by atoms with E-state index >= 15 is 0 Å². The van der Waals surface area contributed by atoms with Crippen molar-refractivity contribution < 1.29 is 14.2 Å². The summed E-state index contributed by atoms with van der Waals surface area (Å²) in [5.74, 6) is 0.461. The van der Waals surface area contributed by atoms with E-state index in [1.807, 2.05) is 6.07 Å². The third kappa shape index (κ3) is 3.55. The van der Waals surface area contributed by atoms with Crippen LogP contribution in [0.5, 0.6) is 11.5 Å². The maximum atomic E-state index is 13.2. The standard InChI is InChI=1S/C14H11Br2FO2/c1-8(18)11-4-2-9(15)6-13(11)19-14-7-10(17)3-5-12(14)16/h2-8,18H,1H3. The highest BCUT2D eigenvalue weighted by molar-refractivity contribution is 9.10. The smallest absolute Gasteiger partial charge is 0.144 e. The fraction of sp³-hybridized carbons (Fsp3) is 0.143. The molecule has 0 spiro atoms. The first-order valence-corrected chi connectivity index (χ1v) is 7.16. The van der Waals surface area contributed by atoms with Crippen molar-refractivity contribution in [3.8, 4) is 11.5 Å². The van der Waals surface area contributed by atoms with E-state index in [0.29, 0.717) is 21.5 Å². The summed E-state index contributed by atoms with van der Waals surface area (Å²) in [7, 11) is 0. The van der Waals surface area contributed by atoms with Crippen molar-refractivity contribution in [2.24, 2.45) is 0 Å². The third-order valence-corrected chi connectivity index (χ3v) is 3.69. The van der Waals surface area contributed by atoms with Crippen LogP contribution in [0.4, 0.5) is 4.39 Å². The highest BCUT2D eigenvalue weighted by Crippen LogP contribution is 2.35.